The van der Waals surface area contributed by atoms with Crippen molar-refractivity contribution in [1.82, 2.24) is 0 Å². The van der Waals surface area contributed by atoms with Crippen molar-refractivity contribution in [3.8, 4) is 23.0 Å². The number of epoxide rings is 1. The van der Waals surface area contributed by atoms with Gasteiger partial charge in [-0.1, -0.05) is 72.8 Å². The van der Waals surface area contributed by atoms with Crippen LogP contribution in [-0.4, -0.2) is 32.6 Å². The number of phenolic OH excluding ortho intramolecular Hbond substituents is 3. The predicted octanol–water partition coefficient (Wildman–Crippen LogP) is 7.10. The number of rotatable bonds is 8. The number of hydrogen-bond acceptors (Lipinski definition) is 5. The molecule has 1 saturated heterocycles. The van der Waals surface area contributed by atoms with Crippen molar-refractivity contribution in [3.63, 3.8) is 0 Å². The fourth-order valence-corrected chi connectivity index (χ4v) is 5.48. The molecule has 0 aliphatic carbocycles. The van der Waals surface area contributed by atoms with Crippen molar-refractivity contribution >= 4 is 0 Å². The Bertz CT molecular complexity index is 1400. The molecule has 0 radical (unpaired) electrons. The Morgan fingerprint density at radius 2 is 1.00 bits per heavy atom. The van der Waals surface area contributed by atoms with E-state index >= 15 is 0 Å². The predicted molar refractivity (Wildman–Crippen MR) is 148 cm³/mol. The quantitative estimate of drug-likeness (QED) is 0.220. The standard InChI is InChI=1S/C33H34O5/c1-21-33(4,37-21)32(2,3)38-29-20-12-8-16-25(29)31(24-15-7-11-19-28(24)36)30(22-13-5-9-17-26(22)34)23-14-6-10-18-27(23)35/h5-21,30-31,34-36H,1-4H3. The molecule has 4 aromatic rings. The first kappa shape index (κ1) is 25.7. The van der Waals surface area contributed by atoms with Gasteiger partial charge in [-0.2, -0.15) is 0 Å². The Balaban J connectivity index is 1.76. The van der Waals surface area contributed by atoms with Gasteiger partial charge in [-0.25, -0.2) is 0 Å². The van der Waals surface area contributed by atoms with Crippen molar-refractivity contribution in [2.75, 3.05) is 0 Å². The van der Waals surface area contributed by atoms with E-state index < -0.39 is 23.0 Å². The van der Waals surface area contributed by atoms with E-state index in [4.69, 9.17) is 9.47 Å². The maximum absolute atomic E-state index is 11.1. The fourth-order valence-electron chi connectivity index (χ4n) is 5.48. The van der Waals surface area contributed by atoms with Crippen LogP contribution in [0.15, 0.2) is 97.1 Å². The van der Waals surface area contributed by atoms with Crippen LogP contribution < -0.4 is 4.74 Å². The van der Waals surface area contributed by atoms with Crippen molar-refractivity contribution < 1.29 is 24.8 Å². The molecule has 4 aromatic carbocycles. The van der Waals surface area contributed by atoms with E-state index in [1.807, 2.05) is 88.4 Å². The van der Waals surface area contributed by atoms with Crippen LogP contribution in [0.5, 0.6) is 23.0 Å². The number of benzene rings is 4. The lowest BCUT2D eigenvalue weighted by molar-refractivity contribution is 0.0257. The minimum atomic E-state index is -0.648. The number of aromatic hydroxyl groups is 3. The largest absolute Gasteiger partial charge is 0.508 e. The van der Waals surface area contributed by atoms with E-state index in [0.29, 0.717) is 22.4 Å². The molecule has 5 heteroatoms. The Kier molecular flexibility index (Phi) is 6.58. The molecule has 1 fully saturated rings. The Morgan fingerprint density at radius 3 is 1.39 bits per heavy atom. The number of hydrogen-bond donors (Lipinski definition) is 3. The SMILES string of the molecule is CC1OC1(C)C(C)(C)Oc1ccccc1C(c1ccccc1O)C(c1ccccc1O)c1ccccc1O. The summed E-state index contributed by atoms with van der Waals surface area (Å²) in [4.78, 5) is 0. The monoisotopic (exact) mass is 510 g/mol. The van der Waals surface area contributed by atoms with Gasteiger partial charge in [0.2, 0.25) is 0 Å². The lowest BCUT2D eigenvalue weighted by Gasteiger charge is -2.35. The summed E-state index contributed by atoms with van der Waals surface area (Å²) in [5.74, 6) is -0.0975. The van der Waals surface area contributed by atoms with E-state index in [-0.39, 0.29) is 23.4 Å². The van der Waals surface area contributed by atoms with Crippen molar-refractivity contribution in [1.29, 1.82) is 0 Å². The van der Waals surface area contributed by atoms with Gasteiger partial charge in [0, 0.05) is 34.1 Å². The van der Waals surface area contributed by atoms with Crippen molar-refractivity contribution in [3.05, 3.63) is 119 Å². The summed E-state index contributed by atoms with van der Waals surface area (Å²) in [5.41, 5.74) is 1.63. The molecule has 3 unspecified atom stereocenters. The zero-order chi connectivity index (χ0) is 27.1. The van der Waals surface area contributed by atoms with Crippen LogP contribution in [0.25, 0.3) is 0 Å². The van der Waals surface area contributed by atoms with E-state index in [1.54, 1.807) is 36.4 Å². The molecule has 0 amide bonds. The van der Waals surface area contributed by atoms with Gasteiger partial charge in [0.15, 0.2) is 0 Å². The second kappa shape index (κ2) is 9.73. The topological polar surface area (TPSA) is 82.5 Å². The summed E-state index contributed by atoms with van der Waals surface area (Å²) in [6.45, 7) is 8.12. The highest BCUT2D eigenvalue weighted by molar-refractivity contribution is 5.56. The first-order chi connectivity index (χ1) is 18.1. The molecule has 196 valence electrons. The molecule has 0 spiro atoms. The highest BCUT2D eigenvalue weighted by Crippen LogP contribution is 2.53. The zero-order valence-corrected chi connectivity index (χ0v) is 22.1. The molecular formula is C33H34O5. The Labute approximate surface area is 223 Å². The molecule has 38 heavy (non-hydrogen) atoms. The number of ether oxygens (including phenoxy) is 2. The zero-order valence-electron chi connectivity index (χ0n) is 22.1. The first-order valence-electron chi connectivity index (χ1n) is 12.9. The van der Waals surface area contributed by atoms with Crippen LogP contribution in [0.3, 0.4) is 0 Å². The lowest BCUT2D eigenvalue weighted by atomic mass is 9.72. The van der Waals surface area contributed by atoms with Crippen LogP contribution in [-0.2, 0) is 4.74 Å². The second-order valence-corrected chi connectivity index (χ2v) is 10.6. The molecule has 1 aliphatic rings. The van der Waals surface area contributed by atoms with Gasteiger partial charge in [-0.3, -0.25) is 0 Å². The van der Waals surface area contributed by atoms with Crippen LogP contribution in [0.4, 0.5) is 0 Å². The van der Waals surface area contributed by atoms with Gasteiger partial charge >= 0.3 is 0 Å². The van der Waals surface area contributed by atoms with E-state index in [2.05, 4.69) is 0 Å². The van der Waals surface area contributed by atoms with Gasteiger partial charge in [0.05, 0.1) is 6.10 Å². The highest BCUT2D eigenvalue weighted by Gasteiger charge is 2.61. The molecule has 3 atom stereocenters. The first-order valence-corrected chi connectivity index (χ1v) is 12.9. The average molecular weight is 511 g/mol. The van der Waals surface area contributed by atoms with Crippen LogP contribution in [0.2, 0.25) is 0 Å². The molecule has 0 aromatic heterocycles. The normalized spacial score (nSPS) is 19.8. The lowest BCUT2D eigenvalue weighted by Crippen LogP contribution is -2.44. The number of phenols is 3. The van der Waals surface area contributed by atoms with Crippen molar-refractivity contribution in [2.45, 2.75) is 56.8 Å². The van der Waals surface area contributed by atoms with E-state index in [1.165, 1.54) is 0 Å². The molecule has 1 aliphatic heterocycles. The summed E-state index contributed by atoms with van der Waals surface area (Å²) < 4.78 is 12.7. The van der Waals surface area contributed by atoms with Crippen LogP contribution >= 0.6 is 0 Å². The summed E-state index contributed by atoms with van der Waals surface area (Å²) in [5, 5.41) is 33.2. The van der Waals surface area contributed by atoms with Crippen LogP contribution in [0.1, 0.15) is 61.8 Å². The number of para-hydroxylation sites is 4. The minimum absolute atomic E-state index is 0.0638. The molecular weight excluding hydrogens is 476 g/mol. The molecule has 5 nitrogen and oxygen atoms in total. The smallest absolute Gasteiger partial charge is 0.134 e. The average Bonchev–Trinajstić information content (AvgIpc) is 3.53. The maximum atomic E-state index is 11.1. The summed E-state index contributed by atoms with van der Waals surface area (Å²) >= 11 is 0. The van der Waals surface area contributed by atoms with Crippen molar-refractivity contribution in [2.24, 2.45) is 0 Å². The van der Waals surface area contributed by atoms with Gasteiger partial charge in [-0.15, -0.1) is 0 Å². The van der Waals surface area contributed by atoms with Gasteiger partial charge in [0.25, 0.3) is 0 Å². The molecule has 1 heterocycles. The third-order valence-electron chi connectivity index (χ3n) is 8.10. The van der Waals surface area contributed by atoms with Gasteiger partial charge in [0.1, 0.15) is 34.2 Å². The Morgan fingerprint density at radius 1 is 0.658 bits per heavy atom. The molecule has 3 N–H and O–H groups in total. The maximum Gasteiger partial charge on any atom is 0.134 e. The third-order valence-corrected chi connectivity index (χ3v) is 8.10. The minimum Gasteiger partial charge on any atom is -0.508 e. The fraction of sp³-hybridized carbons (Fsp3) is 0.273. The Hall–Kier alpha value is -3.96. The van der Waals surface area contributed by atoms with E-state index in [0.717, 1.165) is 5.56 Å². The second-order valence-electron chi connectivity index (χ2n) is 10.6. The molecule has 0 bridgehead atoms. The molecule has 0 saturated carbocycles. The third kappa shape index (κ3) is 4.48. The summed E-state index contributed by atoms with van der Waals surface area (Å²) in [7, 11) is 0. The van der Waals surface area contributed by atoms with Crippen LogP contribution in [0, 0.1) is 0 Å². The molecule has 5 rings (SSSR count). The van der Waals surface area contributed by atoms with Gasteiger partial charge in [-0.05, 0) is 52.0 Å². The van der Waals surface area contributed by atoms with Gasteiger partial charge < -0.3 is 24.8 Å². The van der Waals surface area contributed by atoms with E-state index in [9.17, 15) is 15.3 Å². The summed E-state index contributed by atoms with van der Waals surface area (Å²) in [6.07, 6.45) is 0.0638. The summed E-state index contributed by atoms with van der Waals surface area (Å²) in [6, 6.07) is 29.2. The highest BCUT2D eigenvalue weighted by atomic mass is 16.6.